The molecule has 1 aliphatic rings. The molecule has 0 amide bonds. The van der Waals surface area contributed by atoms with Gasteiger partial charge < -0.3 is 9.64 Å². The third-order valence-corrected chi connectivity index (χ3v) is 3.19. The SMILES string of the molecule is CCC1COCCN1c1ncc(Br)cc1F. The Morgan fingerprint density at radius 2 is 2.50 bits per heavy atom. The zero-order chi connectivity index (χ0) is 11.5. The lowest BCUT2D eigenvalue weighted by Gasteiger charge is -2.36. The van der Waals surface area contributed by atoms with Gasteiger partial charge >= 0.3 is 0 Å². The first-order valence-corrected chi connectivity index (χ1v) is 6.17. The van der Waals surface area contributed by atoms with E-state index in [1.807, 2.05) is 4.90 Å². The van der Waals surface area contributed by atoms with Crippen molar-refractivity contribution < 1.29 is 9.13 Å². The van der Waals surface area contributed by atoms with Crippen LogP contribution in [0.5, 0.6) is 0 Å². The summed E-state index contributed by atoms with van der Waals surface area (Å²) in [6, 6.07) is 1.67. The van der Waals surface area contributed by atoms with Crippen molar-refractivity contribution in [1.29, 1.82) is 0 Å². The van der Waals surface area contributed by atoms with Crippen molar-refractivity contribution in [1.82, 2.24) is 4.98 Å². The normalized spacial score (nSPS) is 21.2. The Morgan fingerprint density at radius 3 is 3.19 bits per heavy atom. The molecule has 1 fully saturated rings. The van der Waals surface area contributed by atoms with Crippen LogP contribution < -0.4 is 4.90 Å². The van der Waals surface area contributed by atoms with Crippen LogP contribution in [0, 0.1) is 5.82 Å². The highest BCUT2D eigenvalue weighted by molar-refractivity contribution is 9.10. The molecular weight excluding hydrogens is 275 g/mol. The van der Waals surface area contributed by atoms with Crippen molar-refractivity contribution in [2.75, 3.05) is 24.7 Å². The van der Waals surface area contributed by atoms with E-state index in [4.69, 9.17) is 4.74 Å². The second-order valence-electron chi connectivity index (χ2n) is 3.79. The molecule has 1 aromatic rings. The highest BCUT2D eigenvalue weighted by Gasteiger charge is 2.24. The van der Waals surface area contributed by atoms with Crippen molar-refractivity contribution in [2.24, 2.45) is 0 Å². The Labute approximate surface area is 103 Å². The van der Waals surface area contributed by atoms with Crippen LogP contribution in [0.15, 0.2) is 16.7 Å². The summed E-state index contributed by atoms with van der Waals surface area (Å²) >= 11 is 3.21. The minimum atomic E-state index is -0.283. The number of hydrogen-bond acceptors (Lipinski definition) is 3. The van der Waals surface area contributed by atoms with Crippen LogP contribution in [-0.4, -0.2) is 30.8 Å². The van der Waals surface area contributed by atoms with E-state index in [2.05, 4.69) is 27.8 Å². The van der Waals surface area contributed by atoms with Crippen LogP contribution in [0.2, 0.25) is 0 Å². The number of morpholine rings is 1. The van der Waals surface area contributed by atoms with Crippen LogP contribution in [0.1, 0.15) is 13.3 Å². The highest BCUT2D eigenvalue weighted by atomic mass is 79.9. The first kappa shape index (κ1) is 11.8. The molecular formula is C11H14BrFN2O. The van der Waals surface area contributed by atoms with Crippen molar-refractivity contribution in [2.45, 2.75) is 19.4 Å². The van der Waals surface area contributed by atoms with E-state index >= 15 is 0 Å². The minimum absolute atomic E-state index is 0.219. The summed E-state index contributed by atoms with van der Waals surface area (Å²) in [7, 11) is 0. The van der Waals surface area contributed by atoms with E-state index < -0.39 is 0 Å². The fourth-order valence-electron chi connectivity index (χ4n) is 1.89. The number of halogens is 2. The van der Waals surface area contributed by atoms with Gasteiger partial charge in [0.1, 0.15) is 0 Å². The van der Waals surface area contributed by atoms with Gasteiger partial charge in [-0.3, -0.25) is 0 Å². The molecule has 2 heterocycles. The molecule has 1 aliphatic heterocycles. The Kier molecular flexibility index (Phi) is 3.76. The number of rotatable bonds is 2. The van der Waals surface area contributed by atoms with E-state index in [9.17, 15) is 4.39 Å². The second kappa shape index (κ2) is 5.10. The first-order valence-electron chi connectivity index (χ1n) is 5.37. The fourth-order valence-corrected chi connectivity index (χ4v) is 2.19. The minimum Gasteiger partial charge on any atom is -0.377 e. The van der Waals surface area contributed by atoms with Crippen LogP contribution in [0.3, 0.4) is 0 Å². The molecule has 2 rings (SSSR count). The molecule has 0 saturated carbocycles. The molecule has 1 atom stereocenters. The summed E-state index contributed by atoms with van der Waals surface area (Å²) in [5, 5.41) is 0. The Balaban J connectivity index is 2.27. The number of anilines is 1. The molecule has 1 unspecified atom stereocenters. The standard InChI is InChI=1S/C11H14BrFN2O/c1-2-9-7-16-4-3-15(9)11-10(13)5-8(12)6-14-11/h5-6,9H,2-4,7H2,1H3. The molecule has 5 heteroatoms. The van der Waals surface area contributed by atoms with Gasteiger partial charge in [-0.15, -0.1) is 0 Å². The van der Waals surface area contributed by atoms with Crippen molar-refractivity contribution >= 4 is 21.7 Å². The molecule has 88 valence electrons. The highest BCUT2D eigenvalue weighted by Crippen LogP contribution is 2.24. The van der Waals surface area contributed by atoms with E-state index in [0.29, 0.717) is 30.0 Å². The smallest absolute Gasteiger partial charge is 0.166 e. The number of nitrogens with zero attached hydrogens (tertiary/aromatic N) is 2. The van der Waals surface area contributed by atoms with Gasteiger partial charge in [-0.1, -0.05) is 6.92 Å². The topological polar surface area (TPSA) is 25.4 Å². The second-order valence-corrected chi connectivity index (χ2v) is 4.71. The molecule has 3 nitrogen and oxygen atoms in total. The van der Waals surface area contributed by atoms with Crippen molar-refractivity contribution in [3.05, 3.63) is 22.6 Å². The average Bonchev–Trinajstić information content (AvgIpc) is 2.29. The van der Waals surface area contributed by atoms with Gasteiger partial charge in [0.05, 0.1) is 19.3 Å². The molecule has 0 aliphatic carbocycles. The van der Waals surface area contributed by atoms with Gasteiger partial charge in [0.15, 0.2) is 11.6 Å². The van der Waals surface area contributed by atoms with Gasteiger partial charge in [-0.05, 0) is 28.4 Å². The summed E-state index contributed by atoms with van der Waals surface area (Å²) < 4.78 is 19.8. The Bertz CT molecular complexity index is 375. The van der Waals surface area contributed by atoms with Gasteiger partial charge in [0, 0.05) is 17.2 Å². The van der Waals surface area contributed by atoms with Crippen LogP contribution in [0.4, 0.5) is 10.2 Å². The lowest BCUT2D eigenvalue weighted by atomic mass is 10.1. The van der Waals surface area contributed by atoms with Crippen LogP contribution >= 0.6 is 15.9 Å². The van der Waals surface area contributed by atoms with Crippen molar-refractivity contribution in [3.8, 4) is 0 Å². The Hall–Kier alpha value is -0.680. The predicted octanol–water partition coefficient (Wildman–Crippen LogP) is 2.60. The van der Waals surface area contributed by atoms with Gasteiger partial charge in [-0.25, -0.2) is 9.37 Å². The van der Waals surface area contributed by atoms with E-state index in [1.165, 1.54) is 6.07 Å². The van der Waals surface area contributed by atoms with Crippen LogP contribution in [-0.2, 0) is 4.74 Å². The number of pyridine rings is 1. The molecule has 0 radical (unpaired) electrons. The molecule has 0 spiro atoms. The number of aromatic nitrogens is 1. The van der Waals surface area contributed by atoms with E-state index in [1.54, 1.807) is 6.20 Å². The zero-order valence-corrected chi connectivity index (χ0v) is 10.7. The molecule has 1 saturated heterocycles. The largest absolute Gasteiger partial charge is 0.377 e. The van der Waals surface area contributed by atoms with Gasteiger partial charge in [-0.2, -0.15) is 0 Å². The number of hydrogen-bond donors (Lipinski definition) is 0. The third kappa shape index (κ3) is 2.35. The summed E-state index contributed by atoms with van der Waals surface area (Å²) in [6.07, 6.45) is 2.55. The quantitative estimate of drug-likeness (QED) is 0.837. The van der Waals surface area contributed by atoms with Crippen molar-refractivity contribution in [3.63, 3.8) is 0 Å². The monoisotopic (exact) mass is 288 g/mol. The predicted molar refractivity (Wildman–Crippen MR) is 64.1 cm³/mol. The van der Waals surface area contributed by atoms with E-state index in [0.717, 1.165) is 6.42 Å². The molecule has 16 heavy (non-hydrogen) atoms. The Morgan fingerprint density at radius 1 is 1.69 bits per heavy atom. The summed E-state index contributed by atoms with van der Waals surface area (Å²) in [5.41, 5.74) is 0. The lowest BCUT2D eigenvalue weighted by Crippen LogP contribution is -2.46. The fraction of sp³-hybridized carbons (Fsp3) is 0.545. The first-order chi connectivity index (χ1) is 7.72. The lowest BCUT2D eigenvalue weighted by molar-refractivity contribution is 0.0921. The average molecular weight is 289 g/mol. The maximum absolute atomic E-state index is 13.8. The summed E-state index contributed by atoms with van der Waals surface area (Å²) in [5.74, 6) is 0.146. The molecule has 1 aromatic heterocycles. The third-order valence-electron chi connectivity index (χ3n) is 2.76. The molecule has 0 N–H and O–H groups in total. The van der Waals surface area contributed by atoms with Gasteiger partial charge in [0.2, 0.25) is 0 Å². The zero-order valence-electron chi connectivity index (χ0n) is 9.12. The van der Waals surface area contributed by atoms with E-state index in [-0.39, 0.29) is 11.9 Å². The van der Waals surface area contributed by atoms with Gasteiger partial charge in [0.25, 0.3) is 0 Å². The molecule has 0 bridgehead atoms. The van der Waals surface area contributed by atoms with Crippen LogP contribution in [0.25, 0.3) is 0 Å². The molecule has 0 aromatic carbocycles. The summed E-state index contributed by atoms with van der Waals surface area (Å²) in [4.78, 5) is 6.14. The maximum atomic E-state index is 13.8. The summed E-state index contributed by atoms with van der Waals surface area (Å²) in [6.45, 7) is 4.05. The number of ether oxygens (including phenoxy) is 1. The maximum Gasteiger partial charge on any atom is 0.166 e.